The van der Waals surface area contributed by atoms with Gasteiger partial charge in [-0.05, 0) is 80.5 Å². The van der Waals surface area contributed by atoms with Crippen molar-refractivity contribution >= 4 is 10.9 Å². The molecule has 1 aromatic carbocycles. The highest BCUT2D eigenvalue weighted by Gasteiger charge is 2.32. The Kier molecular flexibility index (Phi) is 6.95. The number of ether oxygens (including phenoxy) is 1. The SMILES string of the molecule is CC[C@@H](c1nnnn1C(C)(C)CC)N(Cc1cc2cc(C)ccc2[nH]c1=O)C[C@H]1CCCO1. The van der Waals surface area contributed by atoms with Gasteiger partial charge in [0.05, 0.1) is 17.7 Å². The molecule has 8 nitrogen and oxygen atoms in total. The summed E-state index contributed by atoms with van der Waals surface area (Å²) in [7, 11) is 0. The van der Waals surface area contributed by atoms with Gasteiger partial charge in [0.1, 0.15) is 0 Å². The van der Waals surface area contributed by atoms with Gasteiger partial charge < -0.3 is 9.72 Å². The number of aryl methyl sites for hydroxylation is 1. The monoisotopic (exact) mass is 452 g/mol. The zero-order chi connectivity index (χ0) is 23.6. The summed E-state index contributed by atoms with van der Waals surface area (Å²) in [6.07, 6.45) is 4.01. The Morgan fingerprint density at radius 1 is 1.30 bits per heavy atom. The normalized spacial score (nSPS) is 17.8. The number of hydrogen-bond acceptors (Lipinski definition) is 6. The van der Waals surface area contributed by atoms with Gasteiger partial charge in [-0.3, -0.25) is 9.69 Å². The van der Waals surface area contributed by atoms with Crippen LogP contribution >= 0.6 is 0 Å². The largest absolute Gasteiger partial charge is 0.377 e. The summed E-state index contributed by atoms with van der Waals surface area (Å²) in [5.74, 6) is 0.843. The minimum atomic E-state index is -0.195. The first-order valence-electron chi connectivity index (χ1n) is 12.1. The van der Waals surface area contributed by atoms with E-state index in [-0.39, 0.29) is 23.2 Å². The van der Waals surface area contributed by atoms with E-state index in [2.05, 4.69) is 66.1 Å². The first-order chi connectivity index (χ1) is 15.8. The quantitative estimate of drug-likeness (QED) is 0.526. The maximum atomic E-state index is 13.0. The van der Waals surface area contributed by atoms with E-state index in [4.69, 9.17) is 4.74 Å². The average molecular weight is 453 g/mol. The molecular weight excluding hydrogens is 416 g/mol. The van der Waals surface area contributed by atoms with Crippen LogP contribution in [0.5, 0.6) is 0 Å². The Hall–Kier alpha value is -2.58. The van der Waals surface area contributed by atoms with Crippen LogP contribution in [0.4, 0.5) is 0 Å². The molecule has 1 N–H and O–H groups in total. The summed E-state index contributed by atoms with van der Waals surface area (Å²) < 4.78 is 7.94. The number of aromatic amines is 1. The smallest absolute Gasteiger partial charge is 0.252 e. The average Bonchev–Trinajstić information content (AvgIpc) is 3.48. The fraction of sp³-hybridized carbons (Fsp3) is 0.600. The summed E-state index contributed by atoms with van der Waals surface area (Å²) in [5, 5.41) is 13.9. The molecule has 1 fully saturated rings. The number of nitrogens with zero attached hydrogens (tertiary/aromatic N) is 5. The summed E-state index contributed by atoms with van der Waals surface area (Å²) in [5.41, 5.74) is 2.54. The third kappa shape index (κ3) is 5.01. The van der Waals surface area contributed by atoms with Crippen LogP contribution in [0.3, 0.4) is 0 Å². The summed E-state index contributed by atoms with van der Waals surface area (Å²) in [6, 6.07) is 8.10. The van der Waals surface area contributed by atoms with Gasteiger partial charge in [0.15, 0.2) is 5.82 Å². The predicted molar refractivity (Wildman–Crippen MR) is 129 cm³/mol. The zero-order valence-electron chi connectivity index (χ0n) is 20.5. The molecule has 4 rings (SSSR count). The van der Waals surface area contributed by atoms with Crippen molar-refractivity contribution in [3.8, 4) is 0 Å². The highest BCUT2D eigenvalue weighted by atomic mass is 16.5. The molecule has 1 aliphatic rings. The number of fused-ring (bicyclic) bond motifs is 1. The third-order valence-electron chi connectivity index (χ3n) is 6.97. The fourth-order valence-corrected chi connectivity index (χ4v) is 4.65. The molecule has 0 spiro atoms. The van der Waals surface area contributed by atoms with Crippen LogP contribution < -0.4 is 5.56 Å². The third-order valence-corrected chi connectivity index (χ3v) is 6.97. The molecule has 33 heavy (non-hydrogen) atoms. The van der Waals surface area contributed by atoms with Crippen molar-refractivity contribution in [3.05, 3.63) is 51.6 Å². The summed E-state index contributed by atoms with van der Waals surface area (Å²) >= 11 is 0. The number of nitrogens with one attached hydrogen (secondary N) is 1. The van der Waals surface area contributed by atoms with Gasteiger partial charge >= 0.3 is 0 Å². The molecule has 0 amide bonds. The number of H-pyrrole nitrogens is 1. The van der Waals surface area contributed by atoms with Crippen molar-refractivity contribution in [1.82, 2.24) is 30.1 Å². The molecule has 1 saturated heterocycles. The second kappa shape index (κ2) is 9.73. The summed E-state index contributed by atoms with van der Waals surface area (Å²) in [6.45, 7) is 12.7. The molecule has 0 unspecified atom stereocenters. The minimum Gasteiger partial charge on any atom is -0.377 e. The molecule has 3 aromatic rings. The van der Waals surface area contributed by atoms with Gasteiger partial charge in [-0.25, -0.2) is 4.68 Å². The molecule has 8 heteroatoms. The minimum absolute atomic E-state index is 0.0253. The number of benzene rings is 1. The Morgan fingerprint density at radius 3 is 2.82 bits per heavy atom. The number of aromatic nitrogens is 5. The van der Waals surface area contributed by atoms with E-state index in [1.165, 1.54) is 5.56 Å². The van der Waals surface area contributed by atoms with E-state index < -0.39 is 0 Å². The van der Waals surface area contributed by atoms with E-state index in [1.807, 2.05) is 22.9 Å². The lowest BCUT2D eigenvalue weighted by Gasteiger charge is -2.34. The summed E-state index contributed by atoms with van der Waals surface area (Å²) in [4.78, 5) is 18.4. The number of pyridine rings is 1. The van der Waals surface area contributed by atoms with Gasteiger partial charge in [-0.2, -0.15) is 0 Å². The van der Waals surface area contributed by atoms with E-state index >= 15 is 0 Å². The number of tetrazole rings is 1. The Balaban J connectivity index is 1.72. The molecule has 2 aromatic heterocycles. The van der Waals surface area contributed by atoms with Crippen molar-refractivity contribution in [2.24, 2.45) is 0 Å². The molecule has 3 heterocycles. The van der Waals surface area contributed by atoms with Crippen LogP contribution in [0.2, 0.25) is 0 Å². The molecule has 2 atom stereocenters. The lowest BCUT2D eigenvalue weighted by Crippen LogP contribution is -2.39. The molecule has 1 aliphatic heterocycles. The van der Waals surface area contributed by atoms with Crippen LogP contribution in [0, 0.1) is 6.92 Å². The molecular formula is C25H36N6O2. The highest BCUT2D eigenvalue weighted by molar-refractivity contribution is 5.79. The van der Waals surface area contributed by atoms with Crippen LogP contribution in [-0.2, 0) is 16.8 Å². The van der Waals surface area contributed by atoms with Crippen molar-refractivity contribution < 1.29 is 4.74 Å². The van der Waals surface area contributed by atoms with Gasteiger partial charge in [-0.15, -0.1) is 5.10 Å². The first kappa shape index (κ1) is 23.6. The van der Waals surface area contributed by atoms with E-state index in [1.54, 1.807) is 0 Å². The maximum absolute atomic E-state index is 13.0. The van der Waals surface area contributed by atoms with Crippen molar-refractivity contribution in [1.29, 1.82) is 0 Å². The van der Waals surface area contributed by atoms with Crippen molar-refractivity contribution in [3.63, 3.8) is 0 Å². The number of hydrogen-bond donors (Lipinski definition) is 1. The van der Waals surface area contributed by atoms with Crippen LogP contribution in [0.25, 0.3) is 10.9 Å². The Labute approximate surface area is 195 Å². The topological polar surface area (TPSA) is 88.9 Å². The van der Waals surface area contributed by atoms with Gasteiger partial charge in [-0.1, -0.05) is 25.5 Å². The maximum Gasteiger partial charge on any atom is 0.252 e. The van der Waals surface area contributed by atoms with Gasteiger partial charge in [0.25, 0.3) is 5.56 Å². The van der Waals surface area contributed by atoms with Crippen molar-refractivity contribution in [2.75, 3.05) is 13.2 Å². The first-order valence-corrected chi connectivity index (χ1v) is 12.1. The van der Waals surface area contributed by atoms with Crippen LogP contribution in [0.15, 0.2) is 29.1 Å². The van der Waals surface area contributed by atoms with Crippen LogP contribution in [-0.4, -0.2) is 49.3 Å². The molecule has 0 bridgehead atoms. The van der Waals surface area contributed by atoms with Crippen molar-refractivity contribution in [2.45, 2.75) is 84.5 Å². The van der Waals surface area contributed by atoms with Gasteiger partial charge in [0, 0.05) is 30.8 Å². The van der Waals surface area contributed by atoms with E-state index in [9.17, 15) is 4.79 Å². The molecule has 0 saturated carbocycles. The predicted octanol–water partition coefficient (Wildman–Crippen LogP) is 4.10. The number of rotatable bonds is 9. The van der Waals surface area contributed by atoms with E-state index in [0.29, 0.717) is 6.54 Å². The zero-order valence-corrected chi connectivity index (χ0v) is 20.5. The highest BCUT2D eigenvalue weighted by Crippen LogP contribution is 2.30. The fourth-order valence-electron chi connectivity index (χ4n) is 4.65. The Bertz CT molecular complexity index is 1150. The van der Waals surface area contributed by atoms with Gasteiger partial charge in [0.2, 0.25) is 0 Å². The second-order valence-electron chi connectivity index (χ2n) is 9.82. The molecule has 0 aliphatic carbocycles. The second-order valence-corrected chi connectivity index (χ2v) is 9.82. The standard InChI is InChI=1S/C25H36N6O2/c1-6-22(23-27-28-29-31(23)25(4,5)7-2)30(16-20-9-8-12-33-20)15-19-14-18-13-17(3)10-11-21(18)26-24(19)32/h10-11,13-14,20,22H,6-9,12,15-16H2,1-5H3,(H,26,32)/t20-,22+/m1/s1. The Morgan fingerprint density at radius 2 is 2.12 bits per heavy atom. The lowest BCUT2D eigenvalue weighted by atomic mass is 10.0. The molecule has 0 radical (unpaired) electrons. The van der Waals surface area contributed by atoms with E-state index in [0.717, 1.165) is 61.1 Å². The molecule has 178 valence electrons. The lowest BCUT2D eigenvalue weighted by molar-refractivity contribution is 0.0475. The van der Waals surface area contributed by atoms with Crippen LogP contribution in [0.1, 0.15) is 76.4 Å².